The fourth-order valence-corrected chi connectivity index (χ4v) is 2.62. The summed E-state index contributed by atoms with van der Waals surface area (Å²) in [6.45, 7) is 5.72. The molecule has 6 nitrogen and oxygen atoms in total. The number of hydrogen-bond acceptors (Lipinski definition) is 5. The Morgan fingerprint density at radius 2 is 1.90 bits per heavy atom. The normalized spacial score (nSPS) is 16.9. The van der Waals surface area contributed by atoms with Gasteiger partial charge in [0.15, 0.2) is 0 Å². The van der Waals surface area contributed by atoms with E-state index in [0.29, 0.717) is 12.3 Å². The molecule has 0 radical (unpaired) electrons. The van der Waals surface area contributed by atoms with E-state index in [-0.39, 0.29) is 0 Å². The van der Waals surface area contributed by atoms with E-state index in [0.717, 1.165) is 44.7 Å². The maximum absolute atomic E-state index is 11.1. The maximum atomic E-state index is 11.1. The van der Waals surface area contributed by atoms with Crippen LogP contribution in [0.5, 0.6) is 5.75 Å². The number of sulfonamides is 1. The van der Waals surface area contributed by atoms with Crippen LogP contribution in [0.25, 0.3) is 0 Å². The molecule has 0 unspecified atom stereocenters. The molecule has 20 heavy (non-hydrogen) atoms. The Morgan fingerprint density at radius 3 is 2.50 bits per heavy atom. The van der Waals surface area contributed by atoms with Gasteiger partial charge in [0.25, 0.3) is 0 Å². The zero-order chi connectivity index (χ0) is 14.4. The number of anilines is 1. The molecule has 1 fully saturated rings. The van der Waals surface area contributed by atoms with Crippen molar-refractivity contribution in [2.24, 2.45) is 0 Å². The molecule has 1 aromatic rings. The van der Waals surface area contributed by atoms with E-state index in [9.17, 15) is 8.42 Å². The summed E-state index contributed by atoms with van der Waals surface area (Å²) in [5.74, 6) is 0.749. The summed E-state index contributed by atoms with van der Waals surface area (Å²) < 4.78 is 30.2. The third kappa shape index (κ3) is 5.36. The summed E-state index contributed by atoms with van der Waals surface area (Å²) >= 11 is 0. The standard InChI is InChI=1S/C13H21N3O3S/c1-20(17,18)15-12-2-4-13(5-3-12)19-11-10-16-8-6-14-7-9-16/h2-5,14-15H,6-11H2,1H3. The number of rotatable bonds is 6. The molecule has 1 heterocycles. The van der Waals surface area contributed by atoms with Crippen LogP contribution in [0.1, 0.15) is 0 Å². The summed E-state index contributed by atoms with van der Waals surface area (Å²) in [6, 6.07) is 6.93. The van der Waals surface area contributed by atoms with Gasteiger partial charge >= 0.3 is 0 Å². The zero-order valence-corrected chi connectivity index (χ0v) is 12.4. The molecule has 0 saturated carbocycles. The van der Waals surface area contributed by atoms with E-state index in [1.165, 1.54) is 0 Å². The first-order valence-corrected chi connectivity index (χ1v) is 8.56. The minimum absolute atomic E-state index is 0.543. The van der Waals surface area contributed by atoms with Gasteiger partial charge in [-0.3, -0.25) is 9.62 Å². The number of nitrogens with zero attached hydrogens (tertiary/aromatic N) is 1. The van der Waals surface area contributed by atoms with Crippen molar-refractivity contribution in [2.75, 3.05) is 50.3 Å². The molecule has 0 bridgehead atoms. The van der Waals surface area contributed by atoms with E-state index >= 15 is 0 Å². The Morgan fingerprint density at radius 1 is 1.25 bits per heavy atom. The van der Waals surface area contributed by atoms with Crippen LogP contribution in [0, 0.1) is 0 Å². The highest BCUT2D eigenvalue weighted by molar-refractivity contribution is 7.92. The van der Waals surface area contributed by atoms with Gasteiger partial charge in [0.05, 0.1) is 6.26 Å². The van der Waals surface area contributed by atoms with Crippen LogP contribution in [0.2, 0.25) is 0 Å². The van der Waals surface area contributed by atoms with E-state index in [2.05, 4.69) is 14.9 Å². The van der Waals surface area contributed by atoms with Crippen LogP contribution in [0.15, 0.2) is 24.3 Å². The van der Waals surface area contributed by atoms with Crippen molar-refractivity contribution in [3.8, 4) is 5.75 Å². The van der Waals surface area contributed by atoms with Crippen LogP contribution in [-0.4, -0.2) is 58.9 Å². The largest absolute Gasteiger partial charge is 0.492 e. The SMILES string of the molecule is CS(=O)(=O)Nc1ccc(OCCN2CCNCC2)cc1. The molecule has 0 atom stereocenters. The van der Waals surface area contributed by atoms with Gasteiger partial charge in [0.2, 0.25) is 10.0 Å². The smallest absolute Gasteiger partial charge is 0.229 e. The Hall–Kier alpha value is -1.31. The van der Waals surface area contributed by atoms with Gasteiger partial charge in [-0.05, 0) is 24.3 Å². The van der Waals surface area contributed by atoms with Gasteiger partial charge in [-0.15, -0.1) is 0 Å². The minimum Gasteiger partial charge on any atom is -0.492 e. The van der Waals surface area contributed by atoms with Crippen molar-refractivity contribution >= 4 is 15.7 Å². The van der Waals surface area contributed by atoms with Crippen molar-refractivity contribution in [1.82, 2.24) is 10.2 Å². The number of nitrogens with one attached hydrogen (secondary N) is 2. The van der Waals surface area contributed by atoms with E-state index < -0.39 is 10.0 Å². The van der Waals surface area contributed by atoms with Crippen LogP contribution < -0.4 is 14.8 Å². The zero-order valence-electron chi connectivity index (χ0n) is 11.6. The fourth-order valence-electron chi connectivity index (χ4n) is 2.06. The van der Waals surface area contributed by atoms with Crippen molar-refractivity contribution in [3.05, 3.63) is 24.3 Å². The average molecular weight is 299 g/mol. The van der Waals surface area contributed by atoms with Gasteiger partial charge in [-0.1, -0.05) is 0 Å². The van der Waals surface area contributed by atoms with Crippen LogP contribution in [-0.2, 0) is 10.0 Å². The minimum atomic E-state index is -3.22. The lowest BCUT2D eigenvalue weighted by molar-refractivity contribution is 0.191. The predicted octanol–water partition coefficient (Wildman–Crippen LogP) is 0.342. The lowest BCUT2D eigenvalue weighted by atomic mass is 10.3. The fraction of sp³-hybridized carbons (Fsp3) is 0.538. The number of hydrogen-bond donors (Lipinski definition) is 2. The van der Waals surface area contributed by atoms with Crippen LogP contribution in [0.4, 0.5) is 5.69 Å². The van der Waals surface area contributed by atoms with Gasteiger partial charge in [0.1, 0.15) is 12.4 Å². The Labute approximate surface area is 120 Å². The highest BCUT2D eigenvalue weighted by Gasteiger charge is 2.08. The first kappa shape index (κ1) is 15.1. The van der Waals surface area contributed by atoms with Crippen LogP contribution >= 0.6 is 0 Å². The number of piperazine rings is 1. The lowest BCUT2D eigenvalue weighted by Gasteiger charge is -2.26. The average Bonchev–Trinajstić information content (AvgIpc) is 2.40. The topological polar surface area (TPSA) is 70.7 Å². The number of ether oxygens (including phenoxy) is 1. The van der Waals surface area contributed by atoms with Crippen molar-refractivity contribution in [1.29, 1.82) is 0 Å². The monoisotopic (exact) mass is 299 g/mol. The highest BCUT2D eigenvalue weighted by Crippen LogP contribution is 2.16. The molecule has 2 rings (SSSR count). The number of benzene rings is 1. The third-order valence-electron chi connectivity index (χ3n) is 3.04. The molecule has 7 heteroatoms. The first-order chi connectivity index (χ1) is 9.53. The molecule has 1 saturated heterocycles. The maximum Gasteiger partial charge on any atom is 0.229 e. The lowest BCUT2D eigenvalue weighted by Crippen LogP contribution is -2.44. The van der Waals surface area contributed by atoms with Gasteiger partial charge in [-0.25, -0.2) is 8.42 Å². The Balaban J connectivity index is 1.76. The van der Waals surface area contributed by atoms with Gasteiger partial charge in [-0.2, -0.15) is 0 Å². The summed E-state index contributed by atoms with van der Waals surface area (Å²) in [7, 11) is -3.22. The molecule has 2 N–H and O–H groups in total. The molecule has 1 aromatic carbocycles. The van der Waals surface area contributed by atoms with Crippen molar-refractivity contribution in [2.45, 2.75) is 0 Å². The molecule has 0 aliphatic carbocycles. The second kappa shape index (κ2) is 6.92. The van der Waals surface area contributed by atoms with Crippen molar-refractivity contribution < 1.29 is 13.2 Å². The second-order valence-corrected chi connectivity index (χ2v) is 6.59. The van der Waals surface area contributed by atoms with E-state index in [4.69, 9.17) is 4.74 Å². The van der Waals surface area contributed by atoms with Crippen molar-refractivity contribution in [3.63, 3.8) is 0 Å². The predicted molar refractivity (Wildman–Crippen MR) is 79.7 cm³/mol. The molecule has 0 amide bonds. The Kier molecular flexibility index (Phi) is 5.22. The molecule has 0 spiro atoms. The highest BCUT2D eigenvalue weighted by atomic mass is 32.2. The summed E-state index contributed by atoms with van der Waals surface area (Å²) in [5.41, 5.74) is 0.543. The summed E-state index contributed by atoms with van der Waals surface area (Å²) in [6.07, 6.45) is 1.13. The molecule has 0 aromatic heterocycles. The third-order valence-corrected chi connectivity index (χ3v) is 3.65. The first-order valence-electron chi connectivity index (χ1n) is 6.67. The molecule has 112 valence electrons. The van der Waals surface area contributed by atoms with E-state index in [1.807, 2.05) is 0 Å². The van der Waals surface area contributed by atoms with Gasteiger partial charge in [0, 0.05) is 38.4 Å². The Bertz CT molecular complexity index is 510. The molecular weight excluding hydrogens is 278 g/mol. The van der Waals surface area contributed by atoms with Crippen LogP contribution in [0.3, 0.4) is 0 Å². The molecule has 1 aliphatic heterocycles. The molecule has 1 aliphatic rings. The van der Waals surface area contributed by atoms with Gasteiger partial charge < -0.3 is 10.1 Å². The van der Waals surface area contributed by atoms with E-state index in [1.54, 1.807) is 24.3 Å². The summed E-state index contributed by atoms with van der Waals surface area (Å²) in [5, 5.41) is 3.31. The molecular formula is C13H21N3O3S. The summed E-state index contributed by atoms with van der Waals surface area (Å²) in [4.78, 5) is 2.36. The second-order valence-electron chi connectivity index (χ2n) is 4.84. The quantitative estimate of drug-likeness (QED) is 0.793.